The summed E-state index contributed by atoms with van der Waals surface area (Å²) in [5, 5.41) is 0. The maximum absolute atomic E-state index is 6.35. The van der Waals surface area contributed by atoms with Crippen LogP contribution in [-0.2, 0) is 6.67 Å². The number of nitrogens with zero attached hydrogens (tertiary/aromatic N) is 3. The molecule has 114 valence electrons. The molecule has 0 aliphatic carbocycles. The number of ether oxygens (including phenoxy) is 2. The Bertz CT molecular complexity index is 595. The van der Waals surface area contributed by atoms with E-state index in [-0.39, 0.29) is 6.04 Å². The molecule has 0 saturated carbocycles. The second-order valence-electron chi connectivity index (χ2n) is 5.07. The van der Waals surface area contributed by atoms with E-state index in [1.165, 1.54) is 0 Å². The summed E-state index contributed by atoms with van der Waals surface area (Å²) in [6.07, 6.45) is 3.69. The Labute approximate surface area is 125 Å². The first kappa shape index (κ1) is 15.3. The van der Waals surface area contributed by atoms with Crippen molar-refractivity contribution in [3.8, 4) is 11.5 Å². The second kappa shape index (κ2) is 6.60. The summed E-state index contributed by atoms with van der Waals surface area (Å²) in [5.41, 5.74) is 7.28. The zero-order chi connectivity index (χ0) is 15.4. The Morgan fingerprint density at radius 2 is 1.95 bits per heavy atom. The molecule has 2 N–H and O–H groups in total. The lowest BCUT2D eigenvalue weighted by atomic mass is 10.1. The van der Waals surface area contributed by atoms with Gasteiger partial charge in [0.2, 0.25) is 0 Å². The number of benzene rings is 1. The Kier molecular flexibility index (Phi) is 4.82. The first-order valence-electron chi connectivity index (χ1n) is 6.70. The molecule has 1 aromatic carbocycles. The van der Waals surface area contributed by atoms with E-state index in [9.17, 15) is 0 Å². The minimum atomic E-state index is -0.320. The van der Waals surface area contributed by atoms with Gasteiger partial charge in [0.1, 0.15) is 5.82 Å². The standard InChI is InChI=1S/C15H22N4O2/c1-18(2)10-19-8-7-17-15(19)14(16)11-5-6-12(20-3)13(9-11)21-4/h5-9,14H,10,16H2,1-4H3. The van der Waals surface area contributed by atoms with E-state index in [0.717, 1.165) is 18.1 Å². The molecular formula is C15H22N4O2. The highest BCUT2D eigenvalue weighted by atomic mass is 16.5. The predicted octanol–water partition coefficient (Wildman–Crippen LogP) is 1.47. The Balaban J connectivity index is 2.32. The molecule has 1 aromatic heterocycles. The van der Waals surface area contributed by atoms with Crippen molar-refractivity contribution in [1.29, 1.82) is 0 Å². The fraction of sp³-hybridized carbons (Fsp3) is 0.400. The smallest absolute Gasteiger partial charge is 0.161 e. The van der Waals surface area contributed by atoms with E-state index < -0.39 is 0 Å². The van der Waals surface area contributed by atoms with Gasteiger partial charge in [0, 0.05) is 12.4 Å². The summed E-state index contributed by atoms with van der Waals surface area (Å²) >= 11 is 0. The van der Waals surface area contributed by atoms with Crippen LogP contribution < -0.4 is 15.2 Å². The molecule has 6 heteroatoms. The van der Waals surface area contributed by atoms with Crippen LogP contribution in [0.15, 0.2) is 30.6 Å². The van der Waals surface area contributed by atoms with Crippen molar-refractivity contribution < 1.29 is 9.47 Å². The van der Waals surface area contributed by atoms with Gasteiger partial charge in [-0.05, 0) is 31.8 Å². The lowest BCUT2D eigenvalue weighted by Gasteiger charge is -2.18. The van der Waals surface area contributed by atoms with E-state index in [0.29, 0.717) is 11.5 Å². The van der Waals surface area contributed by atoms with Crippen molar-refractivity contribution >= 4 is 0 Å². The molecular weight excluding hydrogens is 268 g/mol. The average Bonchev–Trinajstić information content (AvgIpc) is 2.92. The molecule has 0 aliphatic rings. The molecule has 0 saturated heterocycles. The van der Waals surface area contributed by atoms with Crippen LogP contribution >= 0.6 is 0 Å². The topological polar surface area (TPSA) is 65.5 Å². The highest BCUT2D eigenvalue weighted by Crippen LogP contribution is 2.30. The van der Waals surface area contributed by atoms with Crippen molar-refractivity contribution in [1.82, 2.24) is 14.5 Å². The molecule has 0 amide bonds. The van der Waals surface area contributed by atoms with E-state index in [4.69, 9.17) is 15.2 Å². The number of nitrogens with two attached hydrogens (primary N) is 1. The van der Waals surface area contributed by atoms with Crippen molar-refractivity contribution in [2.75, 3.05) is 28.3 Å². The molecule has 0 aliphatic heterocycles. The van der Waals surface area contributed by atoms with Gasteiger partial charge in [0.05, 0.1) is 26.9 Å². The average molecular weight is 290 g/mol. The summed E-state index contributed by atoms with van der Waals surface area (Å²) in [6.45, 7) is 0.732. The van der Waals surface area contributed by atoms with Gasteiger partial charge in [0.15, 0.2) is 11.5 Å². The van der Waals surface area contributed by atoms with Gasteiger partial charge in [-0.3, -0.25) is 4.90 Å². The zero-order valence-electron chi connectivity index (χ0n) is 12.9. The van der Waals surface area contributed by atoms with Crippen LogP contribution in [0.1, 0.15) is 17.4 Å². The third-order valence-electron chi connectivity index (χ3n) is 3.23. The fourth-order valence-electron chi connectivity index (χ4n) is 2.22. The summed E-state index contributed by atoms with van der Waals surface area (Å²) < 4.78 is 12.6. The van der Waals surface area contributed by atoms with Gasteiger partial charge in [0.25, 0.3) is 0 Å². The summed E-state index contributed by atoms with van der Waals surface area (Å²) in [5.74, 6) is 2.16. The van der Waals surface area contributed by atoms with Crippen molar-refractivity contribution in [2.24, 2.45) is 5.73 Å². The minimum Gasteiger partial charge on any atom is -0.493 e. The molecule has 1 heterocycles. The van der Waals surface area contributed by atoms with Crippen molar-refractivity contribution in [3.63, 3.8) is 0 Å². The largest absolute Gasteiger partial charge is 0.493 e. The third-order valence-corrected chi connectivity index (χ3v) is 3.23. The molecule has 0 bridgehead atoms. The van der Waals surface area contributed by atoms with E-state index in [1.54, 1.807) is 20.4 Å². The van der Waals surface area contributed by atoms with Crippen molar-refractivity contribution in [2.45, 2.75) is 12.7 Å². The number of rotatable bonds is 6. The lowest BCUT2D eigenvalue weighted by molar-refractivity contribution is 0.318. The SMILES string of the molecule is COc1ccc(C(N)c2nccn2CN(C)C)cc1OC. The van der Waals surface area contributed by atoms with Gasteiger partial charge in [-0.15, -0.1) is 0 Å². The van der Waals surface area contributed by atoms with Gasteiger partial charge in [-0.25, -0.2) is 4.98 Å². The molecule has 0 spiro atoms. The van der Waals surface area contributed by atoms with Gasteiger partial charge >= 0.3 is 0 Å². The van der Waals surface area contributed by atoms with Crippen molar-refractivity contribution in [3.05, 3.63) is 42.0 Å². The Hall–Kier alpha value is -2.05. The zero-order valence-corrected chi connectivity index (χ0v) is 12.9. The fourth-order valence-corrected chi connectivity index (χ4v) is 2.22. The van der Waals surface area contributed by atoms with E-state index in [1.807, 2.05) is 43.1 Å². The van der Waals surface area contributed by atoms with E-state index >= 15 is 0 Å². The van der Waals surface area contributed by atoms with Crippen LogP contribution in [0.4, 0.5) is 0 Å². The van der Waals surface area contributed by atoms with Crippen LogP contribution in [0, 0.1) is 0 Å². The monoisotopic (exact) mass is 290 g/mol. The third kappa shape index (κ3) is 3.34. The lowest BCUT2D eigenvalue weighted by Crippen LogP contribution is -2.23. The highest BCUT2D eigenvalue weighted by Gasteiger charge is 2.17. The highest BCUT2D eigenvalue weighted by molar-refractivity contribution is 5.44. The molecule has 0 fully saturated rings. The van der Waals surface area contributed by atoms with Crippen LogP contribution in [-0.4, -0.2) is 42.8 Å². The van der Waals surface area contributed by atoms with Gasteiger partial charge in [-0.2, -0.15) is 0 Å². The normalized spacial score (nSPS) is 12.5. The van der Waals surface area contributed by atoms with Crippen LogP contribution in [0.25, 0.3) is 0 Å². The maximum atomic E-state index is 6.35. The Morgan fingerprint density at radius 3 is 2.57 bits per heavy atom. The number of hydrogen-bond donors (Lipinski definition) is 1. The molecule has 2 rings (SSSR count). The molecule has 6 nitrogen and oxygen atoms in total. The first-order chi connectivity index (χ1) is 10.1. The Morgan fingerprint density at radius 1 is 1.24 bits per heavy atom. The molecule has 1 unspecified atom stereocenters. The number of aromatic nitrogens is 2. The number of hydrogen-bond acceptors (Lipinski definition) is 5. The minimum absolute atomic E-state index is 0.320. The van der Waals surface area contributed by atoms with Gasteiger partial charge < -0.3 is 19.8 Å². The molecule has 21 heavy (non-hydrogen) atoms. The quantitative estimate of drug-likeness (QED) is 0.872. The van der Waals surface area contributed by atoms with Gasteiger partial charge in [-0.1, -0.05) is 6.07 Å². The number of methoxy groups -OCH3 is 2. The predicted molar refractivity (Wildman–Crippen MR) is 81.5 cm³/mol. The van der Waals surface area contributed by atoms with E-state index in [2.05, 4.69) is 9.88 Å². The van der Waals surface area contributed by atoms with Crippen LogP contribution in [0.2, 0.25) is 0 Å². The molecule has 0 radical (unpaired) electrons. The summed E-state index contributed by atoms with van der Waals surface area (Å²) in [6, 6.07) is 5.35. The van der Waals surface area contributed by atoms with Crippen LogP contribution in [0.5, 0.6) is 11.5 Å². The second-order valence-corrected chi connectivity index (χ2v) is 5.07. The molecule has 2 aromatic rings. The first-order valence-corrected chi connectivity index (χ1v) is 6.70. The maximum Gasteiger partial charge on any atom is 0.161 e. The molecule has 1 atom stereocenters. The number of imidazole rings is 1. The summed E-state index contributed by atoms with van der Waals surface area (Å²) in [7, 11) is 7.23. The summed E-state index contributed by atoms with van der Waals surface area (Å²) in [4.78, 5) is 6.44. The van der Waals surface area contributed by atoms with Crippen LogP contribution in [0.3, 0.4) is 0 Å².